The van der Waals surface area contributed by atoms with Gasteiger partial charge in [0.2, 0.25) is 11.8 Å². The van der Waals surface area contributed by atoms with E-state index in [1.165, 1.54) is 18.2 Å². The first-order chi connectivity index (χ1) is 16.3. The molecule has 0 aliphatic carbocycles. The Hall–Kier alpha value is -4.10. The first-order valence-electron chi connectivity index (χ1n) is 10.8. The van der Waals surface area contributed by atoms with Gasteiger partial charge in [0.15, 0.2) is 0 Å². The minimum absolute atomic E-state index is 0.263. The van der Waals surface area contributed by atoms with Crippen molar-refractivity contribution < 1.29 is 14.0 Å². The van der Waals surface area contributed by atoms with E-state index in [0.717, 1.165) is 23.2 Å². The number of hydrogen-bond acceptors (Lipinski definition) is 4. The number of aliphatic imine (C=N–C) groups is 1. The van der Waals surface area contributed by atoms with Crippen LogP contribution in [-0.4, -0.2) is 36.5 Å². The maximum absolute atomic E-state index is 13.8. The van der Waals surface area contributed by atoms with Gasteiger partial charge in [-0.3, -0.25) is 14.6 Å². The van der Waals surface area contributed by atoms with Crippen LogP contribution in [0.1, 0.15) is 28.2 Å². The van der Waals surface area contributed by atoms with Crippen LogP contribution in [0.15, 0.2) is 77.8 Å². The first-order valence-corrected chi connectivity index (χ1v) is 10.8. The maximum atomic E-state index is 13.8. The average molecular weight is 457 g/mol. The van der Waals surface area contributed by atoms with Crippen molar-refractivity contribution in [3.63, 3.8) is 0 Å². The van der Waals surface area contributed by atoms with E-state index in [9.17, 15) is 14.0 Å². The van der Waals surface area contributed by atoms with Gasteiger partial charge in [0.05, 0.1) is 11.4 Å². The molecule has 34 heavy (non-hydrogen) atoms. The highest BCUT2D eigenvalue weighted by Crippen LogP contribution is 2.36. The molecule has 1 unspecified atom stereocenters. The van der Waals surface area contributed by atoms with Gasteiger partial charge >= 0.3 is 0 Å². The Bertz CT molecular complexity index is 1280. The zero-order chi connectivity index (χ0) is 24.2. The fourth-order valence-corrected chi connectivity index (χ4v) is 3.93. The van der Waals surface area contributed by atoms with E-state index in [1.54, 1.807) is 12.1 Å². The van der Waals surface area contributed by atoms with Crippen LogP contribution in [0.2, 0.25) is 0 Å². The van der Waals surface area contributed by atoms with E-state index < -0.39 is 17.6 Å². The minimum atomic E-state index is -0.691. The summed E-state index contributed by atoms with van der Waals surface area (Å²) in [6.07, 6.45) is 2.90. The number of rotatable bonds is 7. The fourth-order valence-electron chi connectivity index (χ4n) is 3.93. The molecule has 0 spiro atoms. The summed E-state index contributed by atoms with van der Waals surface area (Å²) >= 11 is 0. The lowest BCUT2D eigenvalue weighted by Gasteiger charge is -2.15. The molecule has 0 radical (unpaired) electrons. The summed E-state index contributed by atoms with van der Waals surface area (Å²) in [5.41, 5.74) is 10.2. The first kappa shape index (κ1) is 23.1. The van der Waals surface area contributed by atoms with E-state index in [1.807, 2.05) is 62.6 Å². The van der Waals surface area contributed by atoms with Crippen molar-refractivity contribution in [2.24, 2.45) is 10.7 Å². The normalized spacial score (nSPS) is 15.6. The lowest BCUT2D eigenvalue weighted by molar-refractivity contribution is -0.116. The third-order valence-corrected chi connectivity index (χ3v) is 5.45. The Morgan fingerprint density at radius 2 is 1.79 bits per heavy atom. The summed E-state index contributed by atoms with van der Waals surface area (Å²) in [4.78, 5) is 31.0. The number of carbonyl (C=O) groups excluding carboxylic acids is 2. The van der Waals surface area contributed by atoms with Crippen LogP contribution < -0.4 is 11.1 Å². The molecule has 4 rings (SSSR count). The van der Waals surface area contributed by atoms with Crippen LogP contribution in [0.4, 0.5) is 15.8 Å². The zero-order valence-electron chi connectivity index (χ0n) is 19.0. The van der Waals surface area contributed by atoms with Crippen LogP contribution >= 0.6 is 0 Å². The standard InChI is InChI=1S/C27H25FN4O2/c1-32(2)16-18-5-11-21(12-6-18)30-26(19-8-3-17(4-9-19)7-14-24(29)33)25-22-13-10-20(28)15-23(22)31-27(25)34/h3-15,25H,16H2,1-2H3,(H2,29,33)(H,31,34). The SMILES string of the molecule is CN(C)Cc1ccc(N=C(c2ccc(C=CC(N)=O)cc2)C2C(=O)Nc3cc(F)ccc32)cc1. The summed E-state index contributed by atoms with van der Waals surface area (Å²) in [6, 6.07) is 19.5. The van der Waals surface area contributed by atoms with Gasteiger partial charge < -0.3 is 16.0 Å². The van der Waals surface area contributed by atoms with E-state index in [2.05, 4.69) is 10.2 Å². The Labute approximate surface area is 197 Å². The number of halogens is 1. The van der Waals surface area contributed by atoms with Gasteiger partial charge in [-0.2, -0.15) is 0 Å². The van der Waals surface area contributed by atoms with E-state index in [-0.39, 0.29) is 5.91 Å². The maximum Gasteiger partial charge on any atom is 0.241 e. The van der Waals surface area contributed by atoms with Crippen molar-refractivity contribution in [1.82, 2.24) is 4.90 Å². The predicted octanol–water partition coefficient (Wildman–Crippen LogP) is 4.24. The average Bonchev–Trinajstić information content (AvgIpc) is 3.11. The summed E-state index contributed by atoms with van der Waals surface area (Å²) < 4.78 is 13.8. The van der Waals surface area contributed by atoms with Crippen molar-refractivity contribution in [2.75, 3.05) is 19.4 Å². The highest BCUT2D eigenvalue weighted by atomic mass is 19.1. The van der Waals surface area contributed by atoms with E-state index >= 15 is 0 Å². The summed E-state index contributed by atoms with van der Waals surface area (Å²) in [7, 11) is 4.01. The Morgan fingerprint density at radius 1 is 1.09 bits per heavy atom. The number of benzene rings is 3. The summed E-state index contributed by atoms with van der Waals surface area (Å²) in [6.45, 7) is 0.807. The number of amides is 2. The Morgan fingerprint density at radius 3 is 2.44 bits per heavy atom. The molecule has 0 bridgehead atoms. The second-order valence-electron chi connectivity index (χ2n) is 8.41. The summed E-state index contributed by atoms with van der Waals surface area (Å²) in [5.74, 6) is -1.90. The second-order valence-corrected chi connectivity index (χ2v) is 8.41. The van der Waals surface area contributed by atoms with Crippen LogP contribution in [0.25, 0.3) is 6.08 Å². The van der Waals surface area contributed by atoms with Crippen molar-refractivity contribution in [3.05, 3.63) is 101 Å². The number of carbonyl (C=O) groups is 2. The van der Waals surface area contributed by atoms with Gasteiger partial charge in [0, 0.05) is 18.3 Å². The number of primary amides is 1. The molecule has 0 fully saturated rings. The van der Waals surface area contributed by atoms with Crippen LogP contribution in [-0.2, 0) is 16.1 Å². The molecule has 1 aliphatic rings. The van der Waals surface area contributed by atoms with Crippen molar-refractivity contribution in [2.45, 2.75) is 12.5 Å². The van der Waals surface area contributed by atoms with Gasteiger partial charge in [-0.25, -0.2) is 4.39 Å². The number of nitrogens with two attached hydrogens (primary N) is 1. The lowest BCUT2D eigenvalue weighted by Crippen LogP contribution is -2.22. The third kappa shape index (κ3) is 5.27. The minimum Gasteiger partial charge on any atom is -0.366 e. The van der Waals surface area contributed by atoms with Crippen LogP contribution in [0.5, 0.6) is 0 Å². The number of nitrogens with one attached hydrogen (secondary N) is 1. The molecule has 1 atom stereocenters. The highest BCUT2D eigenvalue weighted by Gasteiger charge is 2.35. The lowest BCUT2D eigenvalue weighted by atomic mass is 9.90. The number of hydrogen-bond donors (Lipinski definition) is 2. The molecule has 1 heterocycles. The van der Waals surface area contributed by atoms with E-state index in [4.69, 9.17) is 10.7 Å². The smallest absolute Gasteiger partial charge is 0.241 e. The molecular formula is C27H25FN4O2. The molecule has 0 saturated carbocycles. The predicted molar refractivity (Wildman–Crippen MR) is 132 cm³/mol. The van der Waals surface area contributed by atoms with Gasteiger partial charge in [-0.15, -0.1) is 0 Å². The number of anilines is 1. The molecule has 7 heteroatoms. The monoisotopic (exact) mass is 456 g/mol. The number of fused-ring (bicyclic) bond motifs is 1. The fraction of sp³-hybridized carbons (Fsp3) is 0.148. The molecule has 2 amide bonds. The van der Waals surface area contributed by atoms with Crippen LogP contribution in [0, 0.1) is 5.82 Å². The molecule has 0 aromatic heterocycles. The van der Waals surface area contributed by atoms with Gasteiger partial charge in [-0.1, -0.05) is 42.5 Å². The molecule has 3 aromatic rings. The van der Waals surface area contributed by atoms with Crippen molar-refractivity contribution in [1.29, 1.82) is 0 Å². The molecule has 3 aromatic carbocycles. The zero-order valence-corrected chi connectivity index (χ0v) is 19.0. The Balaban J connectivity index is 1.77. The molecule has 172 valence electrons. The molecule has 0 saturated heterocycles. The second kappa shape index (κ2) is 9.80. The largest absolute Gasteiger partial charge is 0.366 e. The van der Waals surface area contributed by atoms with Crippen molar-refractivity contribution in [3.8, 4) is 0 Å². The number of nitrogens with zero attached hydrogens (tertiary/aromatic N) is 2. The van der Waals surface area contributed by atoms with Gasteiger partial charge in [0.25, 0.3) is 0 Å². The molecule has 6 nitrogen and oxygen atoms in total. The van der Waals surface area contributed by atoms with Gasteiger partial charge in [0.1, 0.15) is 11.7 Å². The summed E-state index contributed by atoms with van der Waals surface area (Å²) in [5, 5.41) is 2.77. The highest BCUT2D eigenvalue weighted by molar-refractivity contribution is 6.24. The van der Waals surface area contributed by atoms with E-state index in [0.29, 0.717) is 22.6 Å². The quantitative estimate of drug-likeness (QED) is 0.412. The molecule has 3 N–H and O–H groups in total. The third-order valence-electron chi connectivity index (χ3n) is 5.45. The Kier molecular flexibility index (Phi) is 6.65. The molecular weight excluding hydrogens is 431 g/mol. The molecule has 1 aliphatic heterocycles. The topological polar surface area (TPSA) is 87.8 Å². The van der Waals surface area contributed by atoms with Crippen molar-refractivity contribution >= 4 is 35.0 Å². The van der Waals surface area contributed by atoms with Crippen LogP contribution in [0.3, 0.4) is 0 Å². The van der Waals surface area contributed by atoms with Gasteiger partial charge in [-0.05, 0) is 66.7 Å².